The van der Waals surface area contributed by atoms with Crippen LogP contribution in [0.4, 0.5) is 0 Å². The van der Waals surface area contributed by atoms with E-state index in [4.69, 9.17) is 0 Å². The van der Waals surface area contributed by atoms with Crippen LogP contribution in [-0.4, -0.2) is 11.7 Å². The average molecular weight is 204 g/mol. The van der Waals surface area contributed by atoms with Gasteiger partial charge in [0.15, 0.2) is 0 Å². The Labute approximate surface area is 92.1 Å². The molecule has 1 N–H and O–H groups in total. The van der Waals surface area contributed by atoms with E-state index >= 15 is 0 Å². The standard InChI is InChI=1S/C14H20O/c1-10-6-5-7-11(2)12(10)14(9-15)8-13(14,3)4/h5-7,15H,8-9H2,1-4H3. The Kier molecular flexibility index (Phi) is 2.20. The van der Waals surface area contributed by atoms with Gasteiger partial charge in [0.05, 0.1) is 6.61 Å². The number of rotatable bonds is 2. The summed E-state index contributed by atoms with van der Waals surface area (Å²) < 4.78 is 0. The fraction of sp³-hybridized carbons (Fsp3) is 0.571. The van der Waals surface area contributed by atoms with Crippen LogP contribution in [0.5, 0.6) is 0 Å². The van der Waals surface area contributed by atoms with E-state index in [2.05, 4.69) is 45.9 Å². The fourth-order valence-electron chi connectivity index (χ4n) is 3.06. The van der Waals surface area contributed by atoms with Crippen molar-refractivity contribution >= 4 is 0 Å². The monoisotopic (exact) mass is 204 g/mol. The normalized spacial score (nSPS) is 27.8. The Morgan fingerprint density at radius 1 is 1.20 bits per heavy atom. The summed E-state index contributed by atoms with van der Waals surface area (Å²) in [6.45, 7) is 9.05. The molecule has 1 aliphatic carbocycles. The molecule has 0 aromatic heterocycles. The van der Waals surface area contributed by atoms with Gasteiger partial charge in [-0.3, -0.25) is 0 Å². The van der Waals surface area contributed by atoms with Crippen molar-refractivity contribution in [1.82, 2.24) is 0 Å². The minimum Gasteiger partial charge on any atom is -0.395 e. The predicted molar refractivity (Wildman–Crippen MR) is 63.1 cm³/mol. The molecule has 0 saturated heterocycles. The Balaban J connectivity index is 2.55. The van der Waals surface area contributed by atoms with Gasteiger partial charge in [0, 0.05) is 5.41 Å². The fourth-order valence-corrected chi connectivity index (χ4v) is 3.06. The van der Waals surface area contributed by atoms with Gasteiger partial charge in [-0.15, -0.1) is 0 Å². The van der Waals surface area contributed by atoms with Gasteiger partial charge in [-0.05, 0) is 42.4 Å². The van der Waals surface area contributed by atoms with Gasteiger partial charge in [0.2, 0.25) is 0 Å². The van der Waals surface area contributed by atoms with Crippen LogP contribution in [-0.2, 0) is 5.41 Å². The van der Waals surface area contributed by atoms with Gasteiger partial charge in [-0.1, -0.05) is 32.0 Å². The van der Waals surface area contributed by atoms with Crippen LogP contribution in [0.15, 0.2) is 18.2 Å². The zero-order chi connectivity index (χ0) is 11.3. The highest BCUT2D eigenvalue weighted by Gasteiger charge is 2.62. The molecule has 0 heterocycles. The number of hydrogen-bond acceptors (Lipinski definition) is 1. The molecular formula is C14H20O. The molecule has 0 radical (unpaired) electrons. The summed E-state index contributed by atoms with van der Waals surface area (Å²) >= 11 is 0. The zero-order valence-corrected chi connectivity index (χ0v) is 10.1. The van der Waals surface area contributed by atoms with Gasteiger partial charge >= 0.3 is 0 Å². The molecule has 1 saturated carbocycles. The molecule has 1 atom stereocenters. The molecule has 0 spiro atoms. The minimum atomic E-state index is 0.0163. The first-order chi connectivity index (χ1) is 6.94. The van der Waals surface area contributed by atoms with Crippen molar-refractivity contribution in [3.63, 3.8) is 0 Å². The minimum absolute atomic E-state index is 0.0163. The third-order valence-electron chi connectivity index (χ3n) is 4.14. The second-order valence-corrected chi connectivity index (χ2v) is 5.57. The Hall–Kier alpha value is -0.820. The molecule has 82 valence electrons. The van der Waals surface area contributed by atoms with Gasteiger partial charge < -0.3 is 5.11 Å². The van der Waals surface area contributed by atoms with E-state index < -0.39 is 0 Å². The molecule has 1 unspecified atom stereocenters. The molecule has 1 aromatic carbocycles. The van der Waals surface area contributed by atoms with E-state index in [-0.39, 0.29) is 17.4 Å². The Morgan fingerprint density at radius 3 is 2.00 bits per heavy atom. The molecule has 1 aromatic rings. The molecular weight excluding hydrogens is 184 g/mol. The maximum absolute atomic E-state index is 9.69. The van der Waals surface area contributed by atoms with Gasteiger partial charge in [0.1, 0.15) is 0 Å². The van der Waals surface area contributed by atoms with Crippen molar-refractivity contribution in [2.24, 2.45) is 5.41 Å². The first kappa shape index (κ1) is 10.7. The molecule has 1 nitrogen and oxygen atoms in total. The maximum atomic E-state index is 9.69. The highest BCUT2D eigenvalue weighted by Crippen LogP contribution is 2.65. The number of aliphatic hydroxyl groups excluding tert-OH is 1. The summed E-state index contributed by atoms with van der Waals surface area (Å²) in [5.41, 5.74) is 4.27. The molecule has 1 aliphatic rings. The van der Waals surface area contributed by atoms with Crippen molar-refractivity contribution in [2.75, 3.05) is 6.61 Å². The smallest absolute Gasteiger partial charge is 0.0533 e. The van der Waals surface area contributed by atoms with Gasteiger partial charge in [-0.2, -0.15) is 0 Å². The van der Waals surface area contributed by atoms with E-state index in [1.165, 1.54) is 16.7 Å². The van der Waals surface area contributed by atoms with Crippen molar-refractivity contribution in [3.05, 3.63) is 34.9 Å². The first-order valence-electron chi connectivity index (χ1n) is 5.62. The lowest BCUT2D eigenvalue weighted by atomic mass is 9.83. The quantitative estimate of drug-likeness (QED) is 0.785. The van der Waals surface area contributed by atoms with Crippen LogP contribution >= 0.6 is 0 Å². The lowest BCUT2D eigenvalue weighted by Crippen LogP contribution is -2.21. The van der Waals surface area contributed by atoms with Gasteiger partial charge in [0.25, 0.3) is 0 Å². The molecule has 1 fully saturated rings. The van der Waals surface area contributed by atoms with E-state index in [9.17, 15) is 5.11 Å². The average Bonchev–Trinajstić information content (AvgIpc) is 2.69. The zero-order valence-electron chi connectivity index (χ0n) is 10.1. The van der Waals surface area contributed by atoms with Gasteiger partial charge in [-0.25, -0.2) is 0 Å². The number of hydrogen-bond donors (Lipinski definition) is 1. The third kappa shape index (κ3) is 1.33. The lowest BCUT2D eigenvalue weighted by molar-refractivity contribution is 0.230. The topological polar surface area (TPSA) is 20.2 Å². The third-order valence-corrected chi connectivity index (χ3v) is 4.14. The summed E-state index contributed by atoms with van der Waals surface area (Å²) in [4.78, 5) is 0. The van der Waals surface area contributed by atoms with Crippen LogP contribution < -0.4 is 0 Å². The van der Waals surface area contributed by atoms with Crippen LogP contribution in [0.3, 0.4) is 0 Å². The largest absolute Gasteiger partial charge is 0.395 e. The SMILES string of the molecule is Cc1cccc(C)c1C1(CO)CC1(C)C. The van der Waals surface area contributed by atoms with Crippen molar-refractivity contribution in [2.45, 2.75) is 39.5 Å². The lowest BCUT2D eigenvalue weighted by Gasteiger charge is -2.23. The van der Waals surface area contributed by atoms with Crippen molar-refractivity contribution < 1.29 is 5.11 Å². The van der Waals surface area contributed by atoms with Crippen LogP contribution in [0.2, 0.25) is 0 Å². The second kappa shape index (κ2) is 3.08. The Bertz CT molecular complexity index is 372. The molecule has 1 heteroatoms. The van der Waals surface area contributed by atoms with Crippen LogP contribution in [0, 0.1) is 19.3 Å². The molecule has 0 bridgehead atoms. The summed E-state index contributed by atoms with van der Waals surface area (Å²) in [5, 5.41) is 9.69. The molecule has 0 aliphatic heterocycles. The van der Waals surface area contributed by atoms with Crippen LogP contribution in [0.1, 0.15) is 37.0 Å². The van der Waals surface area contributed by atoms with Crippen molar-refractivity contribution in [1.29, 1.82) is 0 Å². The predicted octanol–water partition coefficient (Wildman–Crippen LogP) is 2.96. The summed E-state index contributed by atoms with van der Waals surface area (Å²) in [5.74, 6) is 0. The summed E-state index contributed by atoms with van der Waals surface area (Å²) in [7, 11) is 0. The summed E-state index contributed by atoms with van der Waals surface area (Å²) in [6, 6.07) is 6.39. The van der Waals surface area contributed by atoms with E-state index in [1.54, 1.807) is 0 Å². The Morgan fingerprint density at radius 2 is 1.67 bits per heavy atom. The highest BCUT2D eigenvalue weighted by atomic mass is 16.3. The molecule has 2 rings (SSSR count). The number of aliphatic hydroxyl groups is 1. The molecule has 0 amide bonds. The summed E-state index contributed by atoms with van der Waals surface area (Å²) in [6.07, 6.45) is 1.10. The highest BCUT2D eigenvalue weighted by molar-refractivity contribution is 5.46. The van der Waals surface area contributed by atoms with E-state index in [0.717, 1.165) is 6.42 Å². The number of aryl methyl sites for hydroxylation is 2. The van der Waals surface area contributed by atoms with Crippen LogP contribution in [0.25, 0.3) is 0 Å². The van der Waals surface area contributed by atoms with E-state index in [0.29, 0.717) is 0 Å². The van der Waals surface area contributed by atoms with Crippen molar-refractivity contribution in [3.8, 4) is 0 Å². The van der Waals surface area contributed by atoms with E-state index in [1.807, 2.05) is 0 Å². The first-order valence-corrected chi connectivity index (χ1v) is 5.62. The maximum Gasteiger partial charge on any atom is 0.0533 e. The second-order valence-electron chi connectivity index (χ2n) is 5.57. The number of benzene rings is 1. The molecule has 15 heavy (non-hydrogen) atoms.